The van der Waals surface area contributed by atoms with Crippen LogP contribution >= 0.6 is 11.8 Å². The van der Waals surface area contributed by atoms with Crippen molar-refractivity contribution in [3.8, 4) is 5.75 Å². The molecule has 0 atom stereocenters. The molecule has 29 heavy (non-hydrogen) atoms. The molecule has 1 heterocycles. The molecule has 1 N–H and O–H groups in total. The molecule has 1 saturated heterocycles. The van der Waals surface area contributed by atoms with Crippen molar-refractivity contribution in [3.63, 3.8) is 0 Å². The first-order valence-electron chi connectivity index (χ1n) is 8.98. The molecular weight excluding hydrogens is 387 g/mol. The number of benzene rings is 3. The first-order chi connectivity index (χ1) is 14.2. The van der Waals surface area contributed by atoms with Crippen LogP contribution in [0.5, 0.6) is 5.75 Å². The summed E-state index contributed by atoms with van der Waals surface area (Å²) in [5, 5.41) is 3.33. The quantitative estimate of drug-likeness (QED) is 0.588. The number of hydrogen-bond acceptors (Lipinski definition) is 4. The van der Waals surface area contributed by atoms with Gasteiger partial charge in [0.1, 0.15) is 18.2 Å². The van der Waals surface area contributed by atoms with E-state index in [9.17, 15) is 9.18 Å². The Hall–Kier alpha value is -3.38. The standard InChI is InChI=1S/C23H17FN2O2S/c24-20-9-5-4-6-17(20)15-28-19-12-10-16(11-13-19)14-21-22(27)26-23(29-21)25-18-7-2-1-3-8-18/h1-14H,15H2,(H,25,26,27)/b21-14+. The maximum absolute atomic E-state index is 13.7. The van der Waals surface area contributed by atoms with Crippen molar-refractivity contribution in [2.75, 3.05) is 0 Å². The lowest BCUT2D eigenvalue weighted by Crippen LogP contribution is -2.19. The summed E-state index contributed by atoms with van der Waals surface area (Å²) in [6, 6.07) is 23.3. The molecule has 4 rings (SSSR count). The molecule has 0 saturated carbocycles. The summed E-state index contributed by atoms with van der Waals surface area (Å²) in [6.07, 6.45) is 1.80. The second kappa shape index (κ2) is 8.75. The third-order valence-corrected chi connectivity index (χ3v) is 5.08. The average Bonchev–Trinajstić information content (AvgIpc) is 3.08. The fourth-order valence-electron chi connectivity index (χ4n) is 2.69. The van der Waals surface area contributed by atoms with Crippen molar-refractivity contribution in [3.05, 3.63) is 101 Å². The summed E-state index contributed by atoms with van der Waals surface area (Å²) < 4.78 is 19.3. The van der Waals surface area contributed by atoms with E-state index in [1.807, 2.05) is 42.5 Å². The smallest absolute Gasteiger partial charge is 0.264 e. The average molecular weight is 404 g/mol. The summed E-state index contributed by atoms with van der Waals surface area (Å²) in [7, 11) is 0. The zero-order valence-corrected chi connectivity index (χ0v) is 16.2. The predicted molar refractivity (Wildman–Crippen MR) is 114 cm³/mol. The second-order valence-corrected chi connectivity index (χ2v) is 7.30. The number of nitrogens with one attached hydrogen (secondary N) is 1. The monoisotopic (exact) mass is 404 g/mol. The molecule has 0 radical (unpaired) electrons. The number of amides is 1. The first kappa shape index (κ1) is 19.0. The largest absolute Gasteiger partial charge is 0.489 e. The second-order valence-electron chi connectivity index (χ2n) is 6.27. The normalized spacial score (nSPS) is 16.2. The van der Waals surface area contributed by atoms with Gasteiger partial charge in [0.05, 0.1) is 10.6 Å². The number of para-hydroxylation sites is 1. The number of thioether (sulfide) groups is 1. The van der Waals surface area contributed by atoms with Crippen molar-refractivity contribution < 1.29 is 13.9 Å². The van der Waals surface area contributed by atoms with E-state index < -0.39 is 0 Å². The summed E-state index contributed by atoms with van der Waals surface area (Å²) in [5.74, 6) is 0.168. The highest BCUT2D eigenvalue weighted by Crippen LogP contribution is 2.28. The number of rotatable bonds is 5. The van der Waals surface area contributed by atoms with Crippen LogP contribution < -0.4 is 10.1 Å². The van der Waals surface area contributed by atoms with Crippen molar-refractivity contribution in [2.24, 2.45) is 4.99 Å². The number of hydrogen-bond donors (Lipinski definition) is 1. The van der Waals surface area contributed by atoms with Gasteiger partial charge < -0.3 is 10.1 Å². The molecule has 1 aliphatic heterocycles. The zero-order valence-electron chi connectivity index (χ0n) is 15.3. The summed E-state index contributed by atoms with van der Waals surface area (Å²) in [4.78, 5) is 17.2. The van der Waals surface area contributed by atoms with Gasteiger partial charge in [-0.25, -0.2) is 9.38 Å². The van der Waals surface area contributed by atoms with Crippen LogP contribution in [-0.4, -0.2) is 11.1 Å². The van der Waals surface area contributed by atoms with Gasteiger partial charge in [-0.1, -0.05) is 48.5 Å². The molecule has 0 aliphatic carbocycles. The SMILES string of the molecule is O=C1NC(=Nc2ccccc2)S/C1=C/c1ccc(OCc2ccccc2F)cc1. The Balaban J connectivity index is 1.41. The highest BCUT2D eigenvalue weighted by Gasteiger charge is 2.23. The molecule has 6 heteroatoms. The van der Waals surface area contributed by atoms with Crippen LogP contribution in [0.3, 0.4) is 0 Å². The Bertz CT molecular complexity index is 1080. The summed E-state index contributed by atoms with van der Waals surface area (Å²) >= 11 is 1.30. The number of nitrogens with zero attached hydrogens (tertiary/aromatic N) is 1. The number of carbonyl (C=O) groups excluding carboxylic acids is 1. The minimum atomic E-state index is -0.286. The van der Waals surface area contributed by atoms with E-state index >= 15 is 0 Å². The van der Waals surface area contributed by atoms with E-state index in [-0.39, 0.29) is 18.3 Å². The molecule has 0 spiro atoms. The molecule has 3 aromatic rings. The molecule has 144 valence electrons. The van der Waals surface area contributed by atoms with Crippen LogP contribution in [0.2, 0.25) is 0 Å². The molecule has 0 aromatic heterocycles. The Morgan fingerprint density at radius 3 is 2.45 bits per heavy atom. The fraction of sp³-hybridized carbons (Fsp3) is 0.0435. The van der Waals surface area contributed by atoms with Gasteiger partial charge in [0.25, 0.3) is 5.91 Å². The number of carbonyl (C=O) groups is 1. The third-order valence-electron chi connectivity index (χ3n) is 4.17. The van der Waals surface area contributed by atoms with Crippen LogP contribution in [0.15, 0.2) is 88.8 Å². The molecule has 1 fully saturated rings. The van der Waals surface area contributed by atoms with Crippen molar-refractivity contribution >= 4 is 34.6 Å². The number of halogens is 1. The highest BCUT2D eigenvalue weighted by molar-refractivity contribution is 8.18. The summed E-state index contributed by atoms with van der Waals surface area (Å²) in [5.41, 5.74) is 2.15. The lowest BCUT2D eigenvalue weighted by molar-refractivity contribution is -0.115. The van der Waals surface area contributed by atoms with Crippen LogP contribution in [0, 0.1) is 5.82 Å². The van der Waals surface area contributed by atoms with Crippen LogP contribution in [0.25, 0.3) is 6.08 Å². The van der Waals surface area contributed by atoms with E-state index in [0.717, 1.165) is 11.3 Å². The Labute approximate surface area is 172 Å². The lowest BCUT2D eigenvalue weighted by atomic mass is 10.2. The fourth-order valence-corrected chi connectivity index (χ4v) is 3.53. The van der Waals surface area contributed by atoms with E-state index in [4.69, 9.17) is 4.74 Å². The zero-order chi connectivity index (χ0) is 20.1. The maximum atomic E-state index is 13.7. The molecule has 1 aliphatic rings. The molecule has 4 nitrogen and oxygen atoms in total. The van der Waals surface area contributed by atoms with E-state index in [0.29, 0.717) is 21.4 Å². The van der Waals surface area contributed by atoms with E-state index in [1.54, 1.807) is 36.4 Å². The molecule has 1 amide bonds. The van der Waals surface area contributed by atoms with E-state index in [1.165, 1.54) is 17.8 Å². The Kier molecular flexibility index (Phi) is 5.72. The van der Waals surface area contributed by atoms with Gasteiger partial charge in [-0.3, -0.25) is 4.79 Å². The van der Waals surface area contributed by atoms with Gasteiger partial charge in [-0.2, -0.15) is 0 Å². The molecule has 0 bridgehead atoms. The molecule has 3 aromatic carbocycles. The molecule has 0 unspecified atom stereocenters. The van der Waals surface area contributed by atoms with Crippen LogP contribution in [-0.2, 0) is 11.4 Å². The van der Waals surface area contributed by atoms with Gasteiger partial charge in [0.2, 0.25) is 0 Å². The van der Waals surface area contributed by atoms with Gasteiger partial charge in [-0.15, -0.1) is 0 Å². The topological polar surface area (TPSA) is 50.7 Å². The summed E-state index contributed by atoms with van der Waals surface area (Å²) in [6.45, 7) is 0.157. The van der Waals surface area contributed by atoms with E-state index in [2.05, 4.69) is 10.3 Å². The van der Waals surface area contributed by atoms with Gasteiger partial charge in [-0.05, 0) is 53.7 Å². The first-order valence-corrected chi connectivity index (χ1v) is 9.80. The lowest BCUT2D eigenvalue weighted by Gasteiger charge is -2.07. The number of ether oxygens (including phenoxy) is 1. The van der Waals surface area contributed by atoms with Crippen molar-refractivity contribution in [1.82, 2.24) is 5.32 Å². The number of aliphatic imine (C=N–C) groups is 1. The predicted octanol–water partition coefficient (Wildman–Crippen LogP) is 5.30. The van der Waals surface area contributed by atoms with Gasteiger partial charge in [0, 0.05) is 5.56 Å². The van der Waals surface area contributed by atoms with Crippen molar-refractivity contribution in [2.45, 2.75) is 6.61 Å². The molecular formula is C23H17FN2O2S. The third kappa shape index (κ3) is 4.92. The van der Waals surface area contributed by atoms with Gasteiger partial charge >= 0.3 is 0 Å². The van der Waals surface area contributed by atoms with Gasteiger partial charge in [0.15, 0.2) is 5.17 Å². The van der Waals surface area contributed by atoms with Crippen LogP contribution in [0.4, 0.5) is 10.1 Å². The number of amidine groups is 1. The minimum Gasteiger partial charge on any atom is -0.489 e. The minimum absolute atomic E-state index is 0.157. The highest BCUT2D eigenvalue weighted by atomic mass is 32.2. The van der Waals surface area contributed by atoms with Crippen molar-refractivity contribution in [1.29, 1.82) is 0 Å². The Morgan fingerprint density at radius 1 is 0.966 bits per heavy atom. The van der Waals surface area contributed by atoms with Crippen LogP contribution in [0.1, 0.15) is 11.1 Å². The Morgan fingerprint density at radius 2 is 1.69 bits per heavy atom. The maximum Gasteiger partial charge on any atom is 0.264 e.